The van der Waals surface area contributed by atoms with Crippen LogP contribution in [0.5, 0.6) is 0 Å². The average molecular weight is 279 g/mol. The van der Waals surface area contributed by atoms with Gasteiger partial charge in [-0.3, -0.25) is 0 Å². The van der Waals surface area contributed by atoms with Gasteiger partial charge in [0.1, 0.15) is 0 Å². The second kappa shape index (κ2) is 4.68. The molecule has 2 rings (SSSR count). The van der Waals surface area contributed by atoms with E-state index in [-0.39, 0.29) is 5.41 Å². The zero-order valence-electron chi connectivity index (χ0n) is 10.4. The number of nitrogens with zero attached hydrogens (tertiary/aromatic N) is 3. The summed E-state index contributed by atoms with van der Waals surface area (Å²) in [4.78, 5) is 1.92. The van der Waals surface area contributed by atoms with Crippen LogP contribution in [0.4, 0.5) is 18.3 Å². The van der Waals surface area contributed by atoms with Gasteiger partial charge in [-0.2, -0.15) is 13.2 Å². The molecule has 0 bridgehead atoms. The summed E-state index contributed by atoms with van der Waals surface area (Å²) in [5.74, 6) is 0. The molecule has 2 heterocycles. The van der Waals surface area contributed by atoms with Gasteiger partial charge in [0.2, 0.25) is 10.1 Å². The van der Waals surface area contributed by atoms with Gasteiger partial charge in [-0.1, -0.05) is 25.2 Å². The summed E-state index contributed by atoms with van der Waals surface area (Å²) in [6.07, 6.45) is -1.35. The van der Waals surface area contributed by atoms with Crippen LogP contribution in [-0.4, -0.2) is 23.3 Å². The molecule has 0 N–H and O–H groups in total. The van der Waals surface area contributed by atoms with Gasteiger partial charge in [-0.25, -0.2) is 0 Å². The predicted octanol–water partition coefficient (Wildman–Crippen LogP) is 3.57. The lowest BCUT2D eigenvalue weighted by molar-refractivity contribution is -0.138. The van der Waals surface area contributed by atoms with Crippen molar-refractivity contribution < 1.29 is 13.2 Å². The summed E-state index contributed by atoms with van der Waals surface area (Å²) >= 11 is 0.634. The Morgan fingerprint density at radius 2 is 1.89 bits per heavy atom. The van der Waals surface area contributed by atoms with Crippen LogP contribution in [0.1, 0.15) is 38.1 Å². The summed E-state index contributed by atoms with van der Waals surface area (Å²) in [5, 5.41) is 6.43. The molecule has 1 aromatic heterocycles. The molecule has 1 saturated heterocycles. The minimum Gasteiger partial charge on any atom is -0.347 e. The van der Waals surface area contributed by atoms with E-state index in [2.05, 4.69) is 24.0 Å². The molecule has 0 radical (unpaired) electrons. The van der Waals surface area contributed by atoms with Gasteiger partial charge in [0, 0.05) is 13.1 Å². The Morgan fingerprint density at radius 1 is 1.17 bits per heavy atom. The maximum Gasteiger partial charge on any atom is 0.445 e. The van der Waals surface area contributed by atoms with Crippen molar-refractivity contribution in [3.8, 4) is 0 Å². The zero-order chi connectivity index (χ0) is 13.4. The fraction of sp³-hybridized carbons (Fsp3) is 0.818. The Balaban J connectivity index is 2.10. The molecule has 102 valence electrons. The third-order valence-corrected chi connectivity index (χ3v) is 4.30. The average Bonchev–Trinajstić information content (AvgIpc) is 2.65. The molecule has 0 unspecified atom stereocenters. The number of halogens is 3. The molecule has 0 aliphatic carbocycles. The largest absolute Gasteiger partial charge is 0.445 e. The van der Waals surface area contributed by atoms with Crippen LogP contribution in [0.25, 0.3) is 0 Å². The highest BCUT2D eigenvalue weighted by Gasteiger charge is 2.36. The fourth-order valence-corrected chi connectivity index (χ4v) is 2.84. The summed E-state index contributed by atoms with van der Waals surface area (Å²) in [5.41, 5.74) is 0.256. The molecular weight excluding hydrogens is 263 g/mol. The van der Waals surface area contributed by atoms with Crippen LogP contribution in [0.15, 0.2) is 0 Å². The van der Waals surface area contributed by atoms with Gasteiger partial charge in [0.15, 0.2) is 0 Å². The van der Waals surface area contributed by atoms with Crippen LogP contribution in [0, 0.1) is 5.41 Å². The topological polar surface area (TPSA) is 29.0 Å². The molecule has 1 fully saturated rings. The van der Waals surface area contributed by atoms with E-state index in [4.69, 9.17) is 0 Å². The monoisotopic (exact) mass is 279 g/mol. The van der Waals surface area contributed by atoms with Gasteiger partial charge in [-0.15, -0.1) is 10.2 Å². The van der Waals surface area contributed by atoms with E-state index in [1.54, 1.807) is 0 Å². The van der Waals surface area contributed by atoms with Crippen molar-refractivity contribution in [2.45, 2.75) is 39.3 Å². The van der Waals surface area contributed by atoms with Crippen molar-refractivity contribution in [1.82, 2.24) is 10.2 Å². The molecule has 7 heteroatoms. The first-order valence-electron chi connectivity index (χ1n) is 5.94. The smallest absolute Gasteiger partial charge is 0.347 e. The highest BCUT2D eigenvalue weighted by atomic mass is 32.1. The van der Waals surface area contributed by atoms with Crippen LogP contribution in [-0.2, 0) is 6.18 Å². The van der Waals surface area contributed by atoms with Gasteiger partial charge in [0.05, 0.1) is 0 Å². The van der Waals surface area contributed by atoms with Gasteiger partial charge in [0.25, 0.3) is 0 Å². The number of anilines is 1. The molecule has 1 aliphatic rings. The Morgan fingerprint density at radius 3 is 2.50 bits per heavy atom. The van der Waals surface area contributed by atoms with E-state index in [0.717, 1.165) is 32.4 Å². The zero-order valence-corrected chi connectivity index (χ0v) is 11.2. The summed E-state index contributed by atoms with van der Waals surface area (Å²) in [6, 6.07) is 0. The van der Waals surface area contributed by atoms with Gasteiger partial charge >= 0.3 is 6.18 Å². The van der Waals surface area contributed by atoms with Crippen molar-refractivity contribution in [1.29, 1.82) is 0 Å². The lowest BCUT2D eigenvalue weighted by Gasteiger charge is -2.22. The number of hydrogen-bond donors (Lipinski definition) is 0. The van der Waals surface area contributed by atoms with Crippen LogP contribution >= 0.6 is 11.3 Å². The molecule has 0 atom stereocenters. The standard InChI is InChI=1S/C11H16F3N3S/c1-10(2)4-3-6-17(7-5-10)9-16-15-8(18-9)11(12,13)14/h3-7H2,1-2H3. The van der Waals surface area contributed by atoms with Crippen LogP contribution < -0.4 is 4.90 Å². The maximum atomic E-state index is 12.5. The molecule has 0 spiro atoms. The van der Waals surface area contributed by atoms with Crippen molar-refractivity contribution in [3.63, 3.8) is 0 Å². The normalized spacial score (nSPS) is 20.8. The van der Waals surface area contributed by atoms with E-state index in [9.17, 15) is 13.2 Å². The molecule has 0 amide bonds. The first kappa shape index (κ1) is 13.6. The lowest BCUT2D eigenvalue weighted by atomic mass is 9.85. The maximum absolute atomic E-state index is 12.5. The first-order valence-corrected chi connectivity index (χ1v) is 6.75. The lowest BCUT2D eigenvalue weighted by Crippen LogP contribution is -2.24. The minimum atomic E-state index is -4.39. The summed E-state index contributed by atoms with van der Waals surface area (Å²) in [6.45, 7) is 5.89. The van der Waals surface area contributed by atoms with E-state index in [1.165, 1.54) is 0 Å². The Labute approximate surface area is 108 Å². The minimum absolute atomic E-state index is 0.256. The second-order valence-electron chi connectivity index (χ2n) is 5.39. The molecular formula is C11H16F3N3S. The Kier molecular flexibility index (Phi) is 3.53. The molecule has 0 aromatic carbocycles. The van der Waals surface area contributed by atoms with E-state index < -0.39 is 11.2 Å². The number of aromatic nitrogens is 2. The third kappa shape index (κ3) is 3.13. The fourth-order valence-electron chi connectivity index (χ4n) is 2.07. The summed E-state index contributed by atoms with van der Waals surface area (Å²) < 4.78 is 37.4. The van der Waals surface area contributed by atoms with Crippen molar-refractivity contribution in [2.75, 3.05) is 18.0 Å². The summed E-state index contributed by atoms with van der Waals surface area (Å²) in [7, 11) is 0. The van der Waals surface area contributed by atoms with Crippen molar-refractivity contribution in [3.05, 3.63) is 5.01 Å². The number of rotatable bonds is 1. The second-order valence-corrected chi connectivity index (χ2v) is 6.35. The SMILES string of the molecule is CC1(C)CCCN(c2nnc(C(F)(F)F)s2)CC1. The Hall–Kier alpha value is -0.850. The Bertz CT molecular complexity index is 414. The predicted molar refractivity (Wildman–Crippen MR) is 64.8 cm³/mol. The van der Waals surface area contributed by atoms with E-state index in [1.807, 2.05) is 4.90 Å². The first-order chi connectivity index (χ1) is 8.28. The third-order valence-electron chi connectivity index (χ3n) is 3.27. The molecule has 0 saturated carbocycles. The number of alkyl halides is 3. The van der Waals surface area contributed by atoms with Crippen molar-refractivity contribution in [2.24, 2.45) is 5.41 Å². The highest BCUT2D eigenvalue weighted by Crippen LogP contribution is 2.36. The van der Waals surface area contributed by atoms with E-state index in [0.29, 0.717) is 16.5 Å². The van der Waals surface area contributed by atoms with Crippen LogP contribution in [0.2, 0.25) is 0 Å². The van der Waals surface area contributed by atoms with E-state index >= 15 is 0 Å². The van der Waals surface area contributed by atoms with Gasteiger partial charge in [-0.05, 0) is 24.7 Å². The van der Waals surface area contributed by atoms with Gasteiger partial charge < -0.3 is 4.90 Å². The van der Waals surface area contributed by atoms with Crippen LogP contribution in [0.3, 0.4) is 0 Å². The molecule has 3 nitrogen and oxygen atoms in total. The quantitative estimate of drug-likeness (QED) is 0.787. The molecule has 18 heavy (non-hydrogen) atoms. The highest BCUT2D eigenvalue weighted by molar-refractivity contribution is 7.15. The number of hydrogen-bond acceptors (Lipinski definition) is 4. The van der Waals surface area contributed by atoms with Crippen molar-refractivity contribution >= 4 is 16.5 Å². The molecule has 1 aromatic rings. The molecule has 1 aliphatic heterocycles.